The van der Waals surface area contributed by atoms with Crippen LogP contribution < -0.4 is 21.7 Å². The third kappa shape index (κ3) is 5.01. The lowest BCUT2D eigenvalue weighted by Crippen LogP contribution is -2.39. The zero-order valence-corrected chi connectivity index (χ0v) is 21.9. The summed E-state index contributed by atoms with van der Waals surface area (Å²) >= 11 is 2.90. The van der Waals surface area contributed by atoms with Gasteiger partial charge in [0.15, 0.2) is 0 Å². The van der Waals surface area contributed by atoms with Gasteiger partial charge < -0.3 is 31.2 Å². The number of rotatable bonds is 7. The molecule has 0 bridgehead atoms. The topological polar surface area (TPSA) is 129 Å². The Morgan fingerprint density at radius 2 is 2.14 bits per heavy atom. The predicted octanol–water partition coefficient (Wildman–Crippen LogP) is 2.50. The normalized spacial score (nSPS) is 23.0. The van der Waals surface area contributed by atoms with Crippen molar-refractivity contribution < 1.29 is 14.3 Å². The van der Waals surface area contributed by atoms with Gasteiger partial charge in [0.1, 0.15) is 15.5 Å². The zero-order valence-electron chi connectivity index (χ0n) is 20.2. The van der Waals surface area contributed by atoms with Gasteiger partial charge in [0.2, 0.25) is 0 Å². The third-order valence-electron chi connectivity index (χ3n) is 6.62. The summed E-state index contributed by atoms with van der Waals surface area (Å²) < 4.78 is 12.2. The Hall–Kier alpha value is -2.31. The van der Waals surface area contributed by atoms with Gasteiger partial charge in [0, 0.05) is 31.9 Å². The molecule has 1 fully saturated rings. The van der Waals surface area contributed by atoms with Gasteiger partial charge in [0.25, 0.3) is 5.91 Å². The summed E-state index contributed by atoms with van der Waals surface area (Å²) in [5.74, 6) is 0.814. The van der Waals surface area contributed by atoms with E-state index in [0.717, 1.165) is 45.3 Å². The summed E-state index contributed by atoms with van der Waals surface area (Å²) in [6.45, 7) is 5.92. The average Bonchev–Trinajstić information content (AvgIpc) is 3.47. The van der Waals surface area contributed by atoms with Crippen LogP contribution in [0.3, 0.4) is 0 Å². The molecule has 35 heavy (non-hydrogen) atoms. The highest BCUT2D eigenvalue weighted by atomic mass is 32.1. The van der Waals surface area contributed by atoms with Crippen LogP contribution in [0, 0.1) is 6.92 Å². The maximum absolute atomic E-state index is 12.9. The van der Waals surface area contributed by atoms with Gasteiger partial charge >= 0.3 is 0 Å². The number of aryl methyl sites for hydroxylation is 2. The number of amides is 1. The van der Waals surface area contributed by atoms with Crippen molar-refractivity contribution >= 4 is 49.6 Å². The lowest BCUT2D eigenvalue weighted by molar-refractivity contribution is -0.0348. The Kier molecular flexibility index (Phi) is 6.95. The third-order valence-corrected chi connectivity index (χ3v) is 8.86. The predicted molar refractivity (Wildman–Crippen MR) is 141 cm³/mol. The van der Waals surface area contributed by atoms with Crippen molar-refractivity contribution in [1.82, 2.24) is 15.3 Å². The second kappa shape index (κ2) is 9.98. The Labute approximate surface area is 212 Å². The molecule has 2 aliphatic rings. The maximum atomic E-state index is 12.9. The van der Waals surface area contributed by atoms with Crippen molar-refractivity contribution in [1.29, 1.82) is 0 Å². The van der Waals surface area contributed by atoms with Crippen molar-refractivity contribution in [2.24, 2.45) is 5.73 Å². The van der Waals surface area contributed by atoms with Gasteiger partial charge in [-0.3, -0.25) is 4.79 Å². The molecule has 3 aromatic rings. The quantitative estimate of drug-likeness (QED) is 0.437. The van der Waals surface area contributed by atoms with Gasteiger partial charge in [0.05, 0.1) is 40.3 Å². The summed E-state index contributed by atoms with van der Waals surface area (Å²) in [6, 6.07) is 4.17. The number of hydrogen-bond donors (Lipinski definition) is 3. The van der Waals surface area contributed by atoms with E-state index in [1.807, 2.05) is 13.8 Å². The number of methoxy groups -OCH3 is 1. The van der Waals surface area contributed by atoms with Gasteiger partial charge in [-0.15, -0.1) is 22.7 Å². The Morgan fingerprint density at radius 3 is 2.91 bits per heavy atom. The number of carbonyl (C=O) groups excluding carboxylic acids is 1. The number of nitrogens with one attached hydrogen (secondary N) is 1. The number of nitrogens with two attached hydrogens (primary N) is 2. The standard InChI is InChI=1S/C24H32N6O3S2/c1-12(11-32-3)33-18-10-30(9-16(18)25)19-7-4-14-8-15(5-6-17(14)29-19)28-23(31)21-20(26)22-24(35-21)27-13(2)34-22/h4,7,12,15-16,18H,5-6,8-11,25-26H2,1-3H3,(H,28,31). The number of nitrogen functional groups attached to an aromatic ring is 1. The molecule has 188 valence electrons. The van der Waals surface area contributed by atoms with Crippen molar-refractivity contribution in [3.05, 3.63) is 33.3 Å². The van der Waals surface area contributed by atoms with Gasteiger partial charge in [-0.1, -0.05) is 6.07 Å². The summed E-state index contributed by atoms with van der Waals surface area (Å²) in [7, 11) is 1.67. The molecule has 0 spiro atoms. The Balaban J connectivity index is 1.22. The van der Waals surface area contributed by atoms with Crippen LogP contribution in [0.2, 0.25) is 0 Å². The van der Waals surface area contributed by atoms with Crippen molar-refractivity contribution in [3.63, 3.8) is 0 Å². The zero-order chi connectivity index (χ0) is 24.7. The van der Waals surface area contributed by atoms with E-state index in [0.29, 0.717) is 30.3 Å². The number of thiazole rings is 1. The Bertz CT molecular complexity index is 1230. The lowest BCUT2D eigenvalue weighted by atomic mass is 9.91. The first-order chi connectivity index (χ1) is 16.8. The molecule has 1 amide bonds. The molecule has 3 aromatic heterocycles. The molecule has 5 N–H and O–H groups in total. The molecule has 4 unspecified atom stereocenters. The van der Waals surface area contributed by atoms with Crippen molar-refractivity contribution in [2.45, 2.75) is 57.4 Å². The van der Waals surface area contributed by atoms with Crippen LogP contribution in [0.15, 0.2) is 12.1 Å². The molecule has 5 rings (SSSR count). The summed E-state index contributed by atoms with van der Waals surface area (Å²) in [6.07, 6.45) is 2.36. The molecule has 9 nitrogen and oxygen atoms in total. The second-order valence-corrected chi connectivity index (χ2v) is 11.6. The summed E-state index contributed by atoms with van der Waals surface area (Å²) in [4.78, 5) is 26.0. The fourth-order valence-corrected chi connectivity index (χ4v) is 7.01. The number of nitrogens with zero attached hydrogens (tertiary/aromatic N) is 3. The first kappa shape index (κ1) is 24.4. The monoisotopic (exact) mass is 516 g/mol. The van der Waals surface area contributed by atoms with Crippen molar-refractivity contribution in [3.8, 4) is 0 Å². The first-order valence-corrected chi connectivity index (χ1v) is 13.6. The highest BCUT2D eigenvalue weighted by molar-refractivity contribution is 7.29. The van der Waals surface area contributed by atoms with Crippen molar-refractivity contribution in [2.75, 3.05) is 37.4 Å². The molecule has 4 atom stereocenters. The maximum Gasteiger partial charge on any atom is 0.263 e. The molecule has 11 heteroatoms. The van der Waals surface area contributed by atoms with E-state index in [4.69, 9.17) is 25.9 Å². The number of aromatic nitrogens is 2. The Morgan fingerprint density at radius 1 is 1.31 bits per heavy atom. The van der Waals surface area contributed by atoms with Gasteiger partial charge in [-0.25, -0.2) is 9.97 Å². The fraction of sp³-hybridized carbons (Fsp3) is 0.542. The molecule has 1 aliphatic carbocycles. The number of thiophene rings is 1. The van der Waals surface area contributed by atoms with Crippen LogP contribution in [0.1, 0.15) is 39.3 Å². The smallest absolute Gasteiger partial charge is 0.263 e. The minimum Gasteiger partial charge on any atom is -0.396 e. The van der Waals surface area contributed by atoms with E-state index in [2.05, 4.69) is 27.3 Å². The average molecular weight is 517 g/mol. The number of hydrogen-bond acceptors (Lipinski definition) is 10. The number of anilines is 2. The highest BCUT2D eigenvalue weighted by Crippen LogP contribution is 2.37. The fourth-order valence-electron chi connectivity index (χ4n) is 4.92. The van der Waals surface area contributed by atoms with Crippen LogP contribution in [-0.2, 0) is 22.3 Å². The summed E-state index contributed by atoms with van der Waals surface area (Å²) in [5.41, 5.74) is 15.4. The second-order valence-electron chi connectivity index (χ2n) is 9.41. The van der Waals surface area contributed by atoms with E-state index in [-0.39, 0.29) is 30.2 Å². The number of ether oxygens (including phenoxy) is 2. The molecule has 0 aromatic carbocycles. The van der Waals surface area contributed by atoms with Crippen LogP contribution in [-0.4, -0.2) is 67.0 Å². The number of carbonyl (C=O) groups is 1. The molecule has 4 heterocycles. The van der Waals surface area contributed by atoms with E-state index in [1.165, 1.54) is 28.2 Å². The van der Waals surface area contributed by atoms with Crippen LogP contribution in [0.25, 0.3) is 9.53 Å². The van der Waals surface area contributed by atoms with Gasteiger partial charge in [-0.05, 0) is 44.7 Å². The molecule has 0 radical (unpaired) electrons. The molecular weight excluding hydrogens is 484 g/mol. The minimum absolute atomic E-state index is 0.000716. The molecular formula is C24H32N6O3S2. The van der Waals surface area contributed by atoms with E-state index < -0.39 is 0 Å². The molecule has 0 saturated carbocycles. The summed E-state index contributed by atoms with van der Waals surface area (Å²) in [5, 5.41) is 4.14. The molecule has 1 saturated heterocycles. The van der Waals surface area contributed by atoms with Crippen LogP contribution >= 0.6 is 22.7 Å². The van der Waals surface area contributed by atoms with E-state index in [1.54, 1.807) is 7.11 Å². The molecule has 1 aliphatic heterocycles. The van der Waals surface area contributed by atoms with Crippen LogP contribution in [0.5, 0.6) is 0 Å². The largest absolute Gasteiger partial charge is 0.396 e. The highest BCUT2D eigenvalue weighted by Gasteiger charge is 2.33. The minimum atomic E-state index is -0.117. The van der Waals surface area contributed by atoms with E-state index in [9.17, 15) is 4.79 Å². The van der Waals surface area contributed by atoms with E-state index >= 15 is 0 Å². The van der Waals surface area contributed by atoms with Gasteiger partial charge in [-0.2, -0.15) is 0 Å². The SMILES string of the molecule is COCC(C)OC1CN(c2ccc3c(n2)CCC(NC(=O)c2sc4nc(C)sc4c2N)C3)CC1N. The number of fused-ring (bicyclic) bond motifs is 2. The first-order valence-electron chi connectivity index (χ1n) is 11.9. The number of pyridine rings is 1. The van der Waals surface area contributed by atoms with Crippen LogP contribution in [0.4, 0.5) is 11.5 Å². The lowest BCUT2D eigenvalue weighted by Gasteiger charge is -2.26.